The molecule has 6 aromatic rings. The average Bonchev–Trinajstić information content (AvgIpc) is 3.19. The van der Waals surface area contributed by atoms with Crippen LogP contribution in [0.5, 0.6) is 11.5 Å². The SMILES string of the molecule is C[C@@H]1[C@H](CN(C)[C@H](C)c2ccc3ccccc3c2)O[C@H](c2ccc(NC(=O)Nc3ccc(Oc4ccccc4)cc3)cc2)O[C@@H]1c1ccc(CO)cc1. The number of hydrogen-bond acceptors (Lipinski definition) is 6. The third-order valence-corrected chi connectivity index (χ3v) is 10.0. The van der Waals surface area contributed by atoms with E-state index in [1.807, 2.05) is 91.0 Å². The van der Waals surface area contributed by atoms with Gasteiger partial charge in [0.25, 0.3) is 0 Å². The van der Waals surface area contributed by atoms with Crippen molar-refractivity contribution in [2.75, 3.05) is 24.2 Å². The van der Waals surface area contributed by atoms with Gasteiger partial charge in [-0.25, -0.2) is 4.79 Å². The number of aliphatic hydroxyl groups excluding tert-OH is 1. The minimum absolute atomic E-state index is 0.0123. The van der Waals surface area contributed by atoms with Crippen LogP contribution < -0.4 is 15.4 Å². The summed E-state index contributed by atoms with van der Waals surface area (Å²) in [5, 5.41) is 17.9. The van der Waals surface area contributed by atoms with Gasteiger partial charge in [0, 0.05) is 35.4 Å². The maximum atomic E-state index is 12.9. The Bertz CT molecular complexity index is 2110. The highest BCUT2D eigenvalue weighted by molar-refractivity contribution is 5.99. The summed E-state index contributed by atoms with van der Waals surface area (Å²) in [6.07, 6.45) is -0.997. The number of nitrogens with one attached hydrogen (secondary N) is 2. The predicted octanol–water partition coefficient (Wildman–Crippen LogP) is 10.3. The fraction of sp³-hybridized carbons (Fsp3) is 0.222. The average molecular weight is 708 g/mol. The van der Waals surface area contributed by atoms with E-state index < -0.39 is 6.29 Å². The molecule has 2 amide bonds. The second kappa shape index (κ2) is 16.4. The van der Waals surface area contributed by atoms with Crippen LogP contribution in [0.1, 0.15) is 54.5 Å². The number of ether oxygens (including phenoxy) is 3. The van der Waals surface area contributed by atoms with Gasteiger partial charge in [0.1, 0.15) is 11.5 Å². The molecule has 3 N–H and O–H groups in total. The van der Waals surface area contributed by atoms with Crippen molar-refractivity contribution in [3.05, 3.63) is 168 Å². The quantitative estimate of drug-likeness (QED) is 0.124. The molecule has 0 radical (unpaired) electrons. The number of likely N-dealkylation sites (N-methyl/N-ethyl adjacent to an activating group) is 1. The number of amides is 2. The lowest BCUT2D eigenvalue weighted by atomic mass is 9.89. The molecule has 1 fully saturated rings. The van der Waals surface area contributed by atoms with Gasteiger partial charge in [-0.1, -0.05) is 97.9 Å². The highest BCUT2D eigenvalue weighted by Gasteiger charge is 2.39. The lowest BCUT2D eigenvalue weighted by Crippen LogP contribution is -2.44. The number of fused-ring (bicyclic) bond motifs is 1. The summed E-state index contributed by atoms with van der Waals surface area (Å²) in [6.45, 7) is 5.09. The summed E-state index contributed by atoms with van der Waals surface area (Å²) in [4.78, 5) is 15.2. The van der Waals surface area contributed by atoms with E-state index in [-0.39, 0.29) is 36.8 Å². The van der Waals surface area contributed by atoms with Gasteiger partial charge in [-0.15, -0.1) is 0 Å². The monoisotopic (exact) mass is 707 g/mol. The van der Waals surface area contributed by atoms with E-state index in [1.165, 1.54) is 16.3 Å². The standard InChI is InChI=1S/C45H45N3O5/c1-30-42(28-48(3)31(2)36-18-17-33-9-7-8-10-37(33)27-36)52-44(53-43(30)34-15-13-32(29-49)14-16-34)35-19-21-38(22-20-35)46-45(50)47-39-23-25-41(26-24-39)51-40-11-5-4-6-12-40/h4-27,30-31,42-44,49H,28-29H2,1-3H3,(H2,46,47,50)/t30-,31-,42+,43+,44+/m1/s1. The van der Waals surface area contributed by atoms with Gasteiger partial charge in [0.15, 0.2) is 6.29 Å². The zero-order valence-electron chi connectivity index (χ0n) is 30.2. The number of urea groups is 1. The van der Waals surface area contributed by atoms with E-state index in [1.54, 1.807) is 12.1 Å². The van der Waals surface area contributed by atoms with Crippen molar-refractivity contribution in [1.82, 2.24) is 4.90 Å². The van der Waals surface area contributed by atoms with Gasteiger partial charge in [0.2, 0.25) is 0 Å². The Kier molecular flexibility index (Phi) is 11.1. The van der Waals surface area contributed by atoms with Crippen molar-refractivity contribution in [2.24, 2.45) is 5.92 Å². The molecule has 1 heterocycles. The first kappa shape index (κ1) is 35.9. The van der Waals surface area contributed by atoms with E-state index in [0.29, 0.717) is 23.7 Å². The van der Waals surface area contributed by atoms with Crippen molar-refractivity contribution >= 4 is 28.2 Å². The number of nitrogens with zero attached hydrogens (tertiary/aromatic N) is 1. The van der Waals surface area contributed by atoms with Crippen molar-refractivity contribution in [3.63, 3.8) is 0 Å². The van der Waals surface area contributed by atoms with Gasteiger partial charge in [-0.3, -0.25) is 4.90 Å². The Morgan fingerprint density at radius 3 is 2.02 bits per heavy atom. The van der Waals surface area contributed by atoms with Crippen LogP contribution in [-0.4, -0.2) is 35.7 Å². The fourth-order valence-electron chi connectivity index (χ4n) is 6.74. The number of para-hydroxylation sites is 1. The van der Waals surface area contributed by atoms with Crippen LogP contribution in [-0.2, 0) is 16.1 Å². The lowest BCUT2D eigenvalue weighted by Gasteiger charge is -2.43. The molecular weight excluding hydrogens is 663 g/mol. The first-order valence-electron chi connectivity index (χ1n) is 18.0. The van der Waals surface area contributed by atoms with Gasteiger partial charge in [-0.05, 0) is 96.0 Å². The predicted molar refractivity (Wildman–Crippen MR) is 210 cm³/mol. The molecule has 1 aliphatic rings. The molecule has 7 rings (SSSR count). The van der Waals surface area contributed by atoms with Crippen molar-refractivity contribution < 1.29 is 24.1 Å². The Morgan fingerprint density at radius 2 is 1.34 bits per heavy atom. The van der Waals surface area contributed by atoms with Crippen LogP contribution in [0, 0.1) is 5.92 Å². The van der Waals surface area contributed by atoms with Crippen LogP contribution in [0.3, 0.4) is 0 Å². The first-order chi connectivity index (χ1) is 25.8. The lowest BCUT2D eigenvalue weighted by molar-refractivity contribution is -0.276. The molecule has 270 valence electrons. The minimum atomic E-state index is -0.623. The highest BCUT2D eigenvalue weighted by atomic mass is 16.7. The Morgan fingerprint density at radius 1 is 0.736 bits per heavy atom. The number of benzene rings is 6. The van der Waals surface area contributed by atoms with E-state index in [0.717, 1.165) is 22.4 Å². The van der Waals surface area contributed by atoms with E-state index in [4.69, 9.17) is 14.2 Å². The maximum Gasteiger partial charge on any atom is 0.323 e. The summed E-state index contributed by atoms with van der Waals surface area (Å²) >= 11 is 0. The van der Waals surface area contributed by atoms with Gasteiger partial charge in [-0.2, -0.15) is 0 Å². The molecular formula is C45H45N3O5. The van der Waals surface area contributed by atoms with Crippen LogP contribution in [0.4, 0.5) is 16.2 Å². The van der Waals surface area contributed by atoms with E-state index >= 15 is 0 Å². The third-order valence-electron chi connectivity index (χ3n) is 10.0. The number of rotatable bonds is 11. The summed E-state index contributed by atoms with van der Waals surface area (Å²) in [7, 11) is 2.14. The fourth-order valence-corrected chi connectivity index (χ4v) is 6.74. The van der Waals surface area contributed by atoms with Crippen molar-refractivity contribution in [2.45, 2.75) is 45.0 Å². The third kappa shape index (κ3) is 8.76. The molecule has 6 aromatic carbocycles. The molecule has 0 unspecified atom stereocenters. The maximum absolute atomic E-state index is 12.9. The summed E-state index contributed by atoms with van der Waals surface area (Å²) in [5.74, 6) is 1.47. The van der Waals surface area contributed by atoms with Crippen molar-refractivity contribution in [3.8, 4) is 11.5 Å². The molecule has 0 aromatic heterocycles. The molecule has 1 saturated heterocycles. The first-order valence-corrected chi connectivity index (χ1v) is 18.0. The second-order valence-corrected chi connectivity index (χ2v) is 13.7. The number of hydrogen-bond donors (Lipinski definition) is 3. The van der Waals surface area contributed by atoms with Crippen molar-refractivity contribution in [1.29, 1.82) is 0 Å². The zero-order valence-corrected chi connectivity index (χ0v) is 30.2. The number of carbonyl (C=O) groups excluding carboxylic acids is 1. The number of carbonyl (C=O) groups is 1. The molecule has 0 saturated carbocycles. The normalized spacial score (nSPS) is 19.1. The molecule has 1 aliphatic heterocycles. The minimum Gasteiger partial charge on any atom is -0.457 e. The van der Waals surface area contributed by atoms with E-state index in [9.17, 15) is 9.90 Å². The van der Waals surface area contributed by atoms with E-state index in [2.05, 4.69) is 78.9 Å². The van der Waals surface area contributed by atoms with Gasteiger partial charge >= 0.3 is 6.03 Å². The van der Waals surface area contributed by atoms with Gasteiger partial charge < -0.3 is 30.0 Å². The molecule has 0 aliphatic carbocycles. The van der Waals surface area contributed by atoms with Crippen LogP contribution >= 0.6 is 0 Å². The Balaban J connectivity index is 1.03. The molecule has 5 atom stereocenters. The zero-order chi connectivity index (χ0) is 36.7. The Hall–Kier alpha value is -5.51. The second-order valence-electron chi connectivity index (χ2n) is 13.7. The highest BCUT2D eigenvalue weighted by Crippen LogP contribution is 2.42. The molecule has 0 spiro atoms. The number of anilines is 2. The molecule has 8 heteroatoms. The summed E-state index contributed by atoms with van der Waals surface area (Å²) in [5.41, 5.74) is 5.27. The van der Waals surface area contributed by atoms with Crippen LogP contribution in [0.15, 0.2) is 146 Å². The molecule has 0 bridgehead atoms. The number of aliphatic hydroxyl groups is 1. The van der Waals surface area contributed by atoms with Gasteiger partial charge in [0.05, 0.1) is 18.8 Å². The largest absolute Gasteiger partial charge is 0.457 e. The van der Waals surface area contributed by atoms with Crippen LogP contribution in [0.25, 0.3) is 10.8 Å². The van der Waals surface area contributed by atoms with Crippen LogP contribution in [0.2, 0.25) is 0 Å². The smallest absolute Gasteiger partial charge is 0.323 e. The topological polar surface area (TPSA) is 92.3 Å². The Labute approximate surface area is 311 Å². The molecule has 8 nitrogen and oxygen atoms in total. The summed E-state index contributed by atoms with van der Waals surface area (Å²) < 4.78 is 19.3. The molecule has 53 heavy (non-hydrogen) atoms. The summed E-state index contributed by atoms with van der Waals surface area (Å²) in [6, 6.07) is 47.2.